The van der Waals surface area contributed by atoms with E-state index in [1.807, 2.05) is 19.9 Å². The Morgan fingerprint density at radius 1 is 1.06 bits per heavy atom. The Morgan fingerprint density at radius 2 is 1.77 bits per heavy atom. The Balaban J connectivity index is 1.40. The van der Waals surface area contributed by atoms with E-state index < -0.39 is 93.6 Å². The Labute approximate surface area is 273 Å². The average molecular weight is 659 g/mol. The van der Waals surface area contributed by atoms with Gasteiger partial charge in [0.15, 0.2) is 12.2 Å². The van der Waals surface area contributed by atoms with Gasteiger partial charge in [0.05, 0.1) is 42.7 Å². The molecular formula is C35H46O12. The van der Waals surface area contributed by atoms with Gasteiger partial charge in [-0.05, 0) is 49.7 Å². The second-order valence-electron chi connectivity index (χ2n) is 15.7. The van der Waals surface area contributed by atoms with E-state index in [0.717, 1.165) is 5.56 Å². The minimum absolute atomic E-state index is 0.0558. The second kappa shape index (κ2) is 10.4. The van der Waals surface area contributed by atoms with Gasteiger partial charge in [0, 0.05) is 42.4 Å². The van der Waals surface area contributed by atoms with Gasteiger partial charge in [-0.1, -0.05) is 27.7 Å². The third-order valence-corrected chi connectivity index (χ3v) is 13.7. The van der Waals surface area contributed by atoms with E-state index in [4.69, 9.17) is 28.1 Å². The van der Waals surface area contributed by atoms with Crippen LogP contribution in [0.4, 0.5) is 0 Å². The van der Waals surface area contributed by atoms with Gasteiger partial charge in [-0.25, -0.2) is 0 Å². The Morgan fingerprint density at radius 3 is 2.38 bits per heavy atom. The number of ether oxygens (including phenoxy) is 5. The van der Waals surface area contributed by atoms with Crippen LogP contribution in [-0.4, -0.2) is 82.9 Å². The number of furan rings is 1. The largest absolute Gasteiger partial charge is 0.472 e. The lowest BCUT2D eigenvalue weighted by atomic mass is 9.33. The molecule has 1 spiro atoms. The van der Waals surface area contributed by atoms with Gasteiger partial charge < -0.3 is 38.3 Å². The first-order valence-corrected chi connectivity index (χ1v) is 16.8. The smallest absolute Gasteiger partial charge is 0.310 e. The van der Waals surface area contributed by atoms with Crippen LogP contribution in [-0.2, 0) is 42.9 Å². The van der Waals surface area contributed by atoms with E-state index in [9.17, 15) is 29.4 Å². The summed E-state index contributed by atoms with van der Waals surface area (Å²) < 4.78 is 36.1. The molecule has 1 unspecified atom stereocenters. The van der Waals surface area contributed by atoms with Crippen LogP contribution >= 0.6 is 0 Å². The number of aliphatic hydroxyl groups is 2. The van der Waals surface area contributed by atoms with Crippen molar-refractivity contribution in [3.63, 3.8) is 0 Å². The first-order chi connectivity index (χ1) is 22.0. The molecule has 2 bridgehead atoms. The number of hydrogen-bond donors (Lipinski definition) is 2. The van der Waals surface area contributed by atoms with Gasteiger partial charge in [0.25, 0.3) is 0 Å². The summed E-state index contributed by atoms with van der Waals surface area (Å²) >= 11 is 0. The summed E-state index contributed by atoms with van der Waals surface area (Å²) in [6.07, 6.45) is -2.27. The zero-order valence-corrected chi connectivity index (χ0v) is 28.0. The quantitative estimate of drug-likeness (QED) is 0.260. The molecule has 2 N–H and O–H groups in total. The Kier molecular flexibility index (Phi) is 7.21. The maximum absolute atomic E-state index is 14.9. The van der Waals surface area contributed by atoms with E-state index in [0.29, 0.717) is 12.8 Å². The van der Waals surface area contributed by atoms with E-state index >= 15 is 0 Å². The monoisotopic (exact) mass is 658 g/mol. The molecule has 15 atom stereocenters. The van der Waals surface area contributed by atoms with Crippen molar-refractivity contribution in [3.05, 3.63) is 24.2 Å². The molecular weight excluding hydrogens is 612 g/mol. The van der Waals surface area contributed by atoms with Crippen LogP contribution in [0.25, 0.3) is 0 Å². The Bertz CT molecular complexity index is 1490. The number of Topliss-reactive ketones (excluding diaryl/α,β-unsaturated/α-hetero) is 1. The summed E-state index contributed by atoms with van der Waals surface area (Å²) in [5.74, 6) is -4.40. The second-order valence-corrected chi connectivity index (χ2v) is 15.7. The highest BCUT2D eigenvalue weighted by molar-refractivity contribution is 5.87. The van der Waals surface area contributed by atoms with E-state index in [1.165, 1.54) is 13.8 Å². The van der Waals surface area contributed by atoms with E-state index in [1.54, 1.807) is 26.4 Å². The van der Waals surface area contributed by atoms with Crippen molar-refractivity contribution in [1.29, 1.82) is 0 Å². The van der Waals surface area contributed by atoms with Gasteiger partial charge in [0.1, 0.15) is 17.5 Å². The number of aliphatic hydroxyl groups excluding tert-OH is 2. The highest BCUT2D eigenvalue weighted by Crippen LogP contribution is 2.82. The van der Waals surface area contributed by atoms with Crippen molar-refractivity contribution in [1.82, 2.24) is 0 Å². The fraction of sp³-hybridized carbons (Fsp3) is 0.771. The number of fused-ring (bicyclic) bond motifs is 1. The van der Waals surface area contributed by atoms with Crippen molar-refractivity contribution in [2.24, 2.45) is 39.4 Å². The number of rotatable bonds is 6. The predicted octanol–water partition coefficient (Wildman–Crippen LogP) is 3.06. The summed E-state index contributed by atoms with van der Waals surface area (Å²) in [5.41, 5.74) is -4.66. The summed E-state index contributed by atoms with van der Waals surface area (Å²) in [4.78, 5) is 53.4. The molecule has 47 heavy (non-hydrogen) atoms. The van der Waals surface area contributed by atoms with Crippen LogP contribution in [0.5, 0.6) is 0 Å². The molecule has 1 aromatic rings. The first-order valence-electron chi connectivity index (χ1n) is 16.8. The molecule has 12 heteroatoms. The van der Waals surface area contributed by atoms with Crippen LogP contribution in [0.3, 0.4) is 0 Å². The molecule has 0 aromatic carbocycles. The molecule has 258 valence electrons. The van der Waals surface area contributed by atoms with E-state index in [-0.39, 0.29) is 37.3 Å². The third kappa shape index (κ3) is 3.84. The maximum Gasteiger partial charge on any atom is 0.310 e. The minimum Gasteiger partial charge on any atom is -0.472 e. The van der Waals surface area contributed by atoms with Gasteiger partial charge >= 0.3 is 17.9 Å². The van der Waals surface area contributed by atoms with Crippen molar-refractivity contribution in [2.45, 2.75) is 122 Å². The average Bonchev–Trinajstić information content (AvgIpc) is 3.37. The topological polar surface area (TPSA) is 171 Å². The summed E-state index contributed by atoms with van der Waals surface area (Å²) in [6, 6.07) is 1.91. The van der Waals surface area contributed by atoms with E-state index in [2.05, 4.69) is 6.92 Å². The fourth-order valence-corrected chi connectivity index (χ4v) is 11.6. The molecule has 12 nitrogen and oxygen atoms in total. The van der Waals surface area contributed by atoms with Crippen molar-refractivity contribution < 1.29 is 57.5 Å². The highest BCUT2D eigenvalue weighted by atomic mass is 16.7. The lowest BCUT2D eigenvalue weighted by molar-refractivity contribution is -0.389. The van der Waals surface area contributed by atoms with Gasteiger partial charge in [-0.2, -0.15) is 0 Å². The number of hydrogen-bond acceptors (Lipinski definition) is 12. The van der Waals surface area contributed by atoms with Crippen LogP contribution < -0.4 is 0 Å². The molecule has 0 radical (unpaired) electrons. The van der Waals surface area contributed by atoms with Crippen LogP contribution in [0.15, 0.2) is 23.0 Å². The zero-order valence-electron chi connectivity index (χ0n) is 28.0. The van der Waals surface area contributed by atoms with Crippen molar-refractivity contribution >= 4 is 23.7 Å². The molecule has 7 rings (SSSR count). The standard InChI is InChI=1S/C35H46O12/c1-8-16(2)29(41)46-30-32(6)22-12-23(39)33(7)26(34(22,15-43-30)27(40)25(44-17(3)36)28(32)45-18(4)37)21(38)13-31(5)20(19-9-10-42-14-19)11-24-35(31,33)47-24/h9-10,14,16,20,22-28,30,39-40H,8,11-13,15H2,1-7H3/t16?,20-,22-,23+,24+,25+,26-,27-,28+,30-,31-,32+,33+,34-,35+/m0/s1. The lowest BCUT2D eigenvalue weighted by Gasteiger charge is -2.73. The number of ketones is 1. The molecule has 6 fully saturated rings. The molecule has 0 amide bonds. The molecule has 2 aliphatic heterocycles. The highest BCUT2D eigenvalue weighted by Gasteiger charge is 2.90. The summed E-state index contributed by atoms with van der Waals surface area (Å²) in [5, 5.41) is 25.0. The van der Waals surface area contributed by atoms with Crippen molar-refractivity contribution in [3.8, 4) is 0 Å². The normalized spacial score (nSPS) is 49.8. The van der Waals surface area contributed by atoms with Gasteiger partial charge in [-0.15, -0.1) is 0 Å². The molecule has 2 saturated heterocycles. The first kappa shape index (κ1) is 32.7. The molecule has 4 aliphatic carbocycles. The van der Waals surface area contributed by atoms with Crippen LogP contribution in [0, 0.1) is 39.4 Å². The molecule has 6 aliphatic rings. The van der Waals surface area contributed by atoms with Crippen LogP contribution in [0.1, 0.15) is 85.6 Å². The predicted molar refractivity (Wildman–Crippen MR) is 160 cm³/mol. The minimum atomic E-state index is -1.54. The number of carbonyl (C=O) groups is 4. The fourth-order valence-electron chi connectivity index (χ4n) is 11.6. The number of carbonyl (C=O) groups excluding carboxylic acids is 4. The maximum atomic E-state index is 14.9. The zero-order chi connectivity index (χ0) is 34.1. The Hall–Kier alpha value is -2.80. The SMILES string of the molecule is CCC(C)C(=O)O[C@@H]1OC[C@@]23[C@H]4C(=O)C[C@@]5(C)[C@H](c6ccoc6)C[C@H]6O[C@]65[C@]4(C)[C@H](O)C[C@H]2[C@]1(C)[C@H](OC(C)=O)[C@H](OC(C)=O)[C@@H]3O. The molecule has 3 heterocycles. The van der Waals surface area contributed by atoms with Gasteiger partial charge in [-0.3, -0.25) is 19.2 Å². The third-order valence-electron chi connectivity index (χ3n) is 13.7. The summed E-state index contributed by atoms with van der Waals surface area (Å²) in [7, 11) is 0. The lowest BCUT2D eigenvalue weighted by Crippen LogP contribution is -2.83. The number of epoxide rings is 1. The van der Waals surface area contributed by atoms with Crippen LogP contribution in [0.2, 0.25) is 0 Å². The molecule has 4 saturated carbocycles. The van der Waals surface area contributed by atoms with Crippen molar-refractivity contribution in [2.75, 3.05) is 6.61 Å². The number of esters is 3. The summed E-state index contributed by atoms with van der Waals surface area (Å²) in [6.45, 7) is 11.4. The van der Waals surface area contributed by atoms with Gasteiger partial charge in [0.2, 0.25) is 6.29 Å². The molecule has 1 aromatic heterocycles.